The number of carboxylic acids is 1. The molecule has 2 fully saturated rings. The fraction of sp³-hybridized carbons (Fsp3) is 0.800. The van der Waals surface area contributed by atoms with Crippen LogP contribution in [0.3, 0.4) is 0 Å². The molecular weight excluding hydrogens is 274 g/mol. The Balaban J connectivity index is 1.92. The molecule has 8 nitrogen and oxygen atoms in total. The van der Waals surface area contributed by atoms with Crippen LogP contribution in [-0.2, 0) is 14.8 Å². The molecule has 19 heavy (non-hydrogen) atoms. The molecule has 0 aromatic carbocycles. The van der Waals surface area contributed by atoms with Gasteiger partial charge in [-0.1, -0.05) is 0 Å². The van der Waals surface area contributed by atoms with E-state index in [1.807, 2.05) is 0 Å². The number of sulfonamides is 1. The van der Waals surface area contributed by atoms with Crippen LogP contribution in [0, 0.1) is 0 Å². The van der Waals surface area contributed by atoms with Gasteiger partial charge in [-0.05, 0) is 12.8 Å². The highest BCUT2D eigenvalue weighted by Crippen LogP contribution is 2.20. The minimum Gasteiger partial charge on any atom is -0.480 e. The van der Waals surface area contributed by atoms with Crippen molar-refractivity contribution < 1.29 is 23.1 Å². The van der Waals surface area contributed by atoms with Crippen molar-refractivity contribution in [2.75, 3.05) is 31.9 Å². The summed E-state index contributed by atoms with van der Waals surface area (Å²) >= 11 is 0. The molecular formula is C10H17N3O5S. The van der Waals surface area contributed by atoms with Crippen molar-refractivity contribution in [2.24, 2.45) is 0 Å². The second-order valence-corrected chi connectivity index (χ2v) is 6.67. The number of nitrogens with one attached hydrogen (secondary N) is 1. The second-order valence-electron chi connectivity index (χ2n) is 4.71. The summed E-state index contributed by atoms with van der Waals surface area (Å²) in [6.45, 7) is 1.80. The Morgan fingerprint density at radius 1 is 1.32 bits per heavy atom. The van der Waals surface area contributed by atoms with E-state index in [0.717, 1.165) is 0 Å². The van der Waals surface area contributed by atoms with Gasteiger partial charge in [-0.3, -0.25) is 4.79 Å². The molecule has 108 valence electrons. The molecule has 2 rings (SSSR count). The maximum absolute atomic E-state index is 11.7. The Bertz CT molecular complexity index is 470. The Hall–Kier alpha value is -1.35. The molecule has 2 aliphatic heterocycles. The molecule has 9 heteroatoms. The minimum absolute atomic E-state index is 0.0405. The Morgan fingerprint density at radius 3 is 2.42 bits per heavy atom. The van der Waals surface area contributed by atoms with E-state index in [9.17, 15) is 18.0 Å². The van der Waals surface area contributed by atoms with Gasteiger partial charge in [0, 0.05) is 32.2 Å². The largest absolute Gasteiger partial charge is 0.480 e. The zero-order valence-electron chi connectivity index (χ0n) is 10.4. The first-order valence-electron chi connectivity index (χ1n) is 6.14. The van der Waals surface area contributed by atoms with Crippen molar-refractivity contribution in [3.8, 4) is 0 Å². The van der Waals surface area contributed by atoms with E-state index in [0.29, 0.717) is 25.9 Å². The average molecular weight is 291 g/mol. The van der Waals surface area contributed by atoms with Crippen molar-refractivity contribution in [2.45, 2.75) is 18.9 Å². The van der Waals surface area contributed by atoms with Crippen LogP contribution >= 0.6 is 0 Å². The van der Waals surface area contributed by atoms with Crippen LogP contribution in [0.15, 0.2) is 0 Å². The molecule has 2 saturated heterocycles. The molecule has 2 aliphatic rings. The molecule has 0 aliphatic carbocycles. The number of carbonyl (C=O) groups is 2. The standard InChI is InChI=1S/C10H17N3O5S/c14-9(15)7-19(17,18)12-4-1-8(2-5-12)13-6-3-11-10(13)16/h8H,1-7H2,(H,11,16)(H,14,15). The third-order valence-electron chi connectivity index (χ3n) is 3.45. The summed E-state index contributed by atoms with van der Waals surface area (Å²) in [5.41, 5.74) is 0. The zero-order valence-corrected chi connectivity index (χ0v) is 11.2. The van der Waals surface area contributed by atoms with Crippen molar-refractivity contribution >= 4 is 22.0 Å². The lowest BCUT2D eigenvalue weighted by molar-refractivity contribution is -0.134. The molecule has 0 saturated carbocycles. The summed E-state index contributed by atoms with van der Waals surface area (Å²) in [7, 11) is -3.73. The van der Waals surface area contributed by atoms with Gasteiger partial charge in [0.15, 0.2) is 5.75 Å². The van der Waals surface area contributed by atoms with Gasteiger partial charge in [-0.25, -0.2) is 17.5 Å². The van der Waals surface area contributed by atoms with Gasteiger partial charge in [-0.2, -0.15) is 0 Å². The van der Waals surface area contributed by atoms with Crippen LogP contribution in [-0.4, -0.2) is 72.7 Å². The molecule has 0 unspecified atom stereocenters. The van der Waals surface area contributed by atoms with Crippen molar-refractivity contribution in [3.05, 3.63) is 0 Å². The Morgan fingerprint density at radius 2 is 1.95 bits per heavy atom. The number of rotatable bonds is 4. The monoisotopic (exact) mass is 291 g/mol. The maximum atomic E-state index is 11.7. The van der Waals surface area contributed by atoms with Crippen LogP contribution in [0.1, 0.15) is 12.8 Å². The molecule has 2 N–H and O–H groups in total. The molecule has 2 amide bonds. The van der Waals surface area contributed by atoms with Gasteiger partial charge in [0.2, 0.25) is 10.0 Å². The van der Waals surface area contributed by atoms with Crippen LogP contribution in [0.2, 0.25) is 0 Å². The molecule has 0 spiro atoms. The fourth-order valence-corrected chi connectivity index (χ4v) is 3.78. The summed E-state index contributed by atoms with van der Waals surface area (Å²) in [6.07, 6.45) is 1.10. The van der Waals surface area contributed by atoms with Crippen LogP contribution in [0.5, 0.6) is 0 Å². The average Bonchev–Trinajstić information content (AvgIpc) is 2.74. The molecule has 0 atom stereocenters. The van der Waals surface area contributed by atoms with Gasteiger partial charge in [-0.15, -0.1) is 0 Å². The van der Waals surface area contributed by atoms with E-state index >= 15 is 0 Å². The Labute approximate surface area is 111 Å². The molecule has 2 heterocycles. The molecule has 0 aromatic rings. The number of carboxylic acid groups (broad SMARTS) is 1. The predicted molar refractivity (Wildman–Crippen MR) is 66.1 cm³/mol. The highest BCUT2D eigenvalue weighted by Gasteiger charge is 2.34. The topological polar surface area (TPSA) is 107 Å². The normalized spacial score (nSPS) is 22.5. The van der Waals surface area contributed by atoms with E-state index in [2.05, 4.69) is 5.32 Å². The lowest BCUT2D eigenvalue weighted by Crippen LogP contribution is -2.48. The van der Waals surface area contributed by atoms with Gasteiger partial charge < -0.3 is 15.3 Å². The molecule has 0 aromatic heterocycles. The van der Waals surface area contributed by atoms with E-state index in [1.54, 1.807) is 4.90 Å². The quantitative estimate of drug-likeness (QED) is 0.683. The molecule has 0 radical (unpaired) electrons. The number of hydrogen-bond donors (Lipinski definition) is 2. The first-order valence-corrected chi connectivity index (χ1v) is 7.75. The van der Waals surface area contributed by atoms with Gasteiger partial charge >= 0.3 is 12.0 Å². The number of aliphatic carboxylic acids is 1. The highest BCUT2D eigenvalue weighted by atomic mass is 32.2. The van der Waals surface area contributed by atoms with E-state index in [-0.39, 0.29) is 25.2 Å². The smallest absolute Gasteiger partial charge is 0.320 e. The number of hydrogen-bond acceptors (Lipinski definition) is 4. The predicted octanol–water partition coefficient (Wildman–Crippen LogP) is -1.11. The number of nitrogens with zero attached hydrogens (tertiary/aromatic N) is 2. The summed E-state index contributed by atoms with van der Waals surface area (Å²) < 4.78 is 24.7. The third-order valence-corrected chi connectivity index (χ3v) is 5.22. The van der Waals surface area contributed by atoms with E-state index in [1.165, 1.54) is 4.31 Å². The van der Waals surface area contributed by atoms with Crippen molar-refractivity contribution in [1.29, 1.82) is 0 Å². The lowest BCUT2D eigenvalue weighted by Gasteiger charge is -2.35. The number of carbonyl (C=O) groups excluding carboxylic acids is 1. The van der Waals surface area contributed by atoms with Crippen molar-refractivity contribution in [1.82, 2.24) is 14.5 Å². The van der Waals surface area contributed by atoms with E-state index in [4.69, 9.17) is 5.11 Å². The van der Waals surface area contributed by atoms with Crippen molar-refractivity contribution in [3.63, 3.8) is 0 Å². The second kappa shape index (κ2) is 5.33. The van der Waals surface area contributed by atoms with Gasteiger partial charge in [0.1, 0.15) is 0 Å². The fourth-order valence-electron chi connectivity index (χ4n) is 2.51. The number of amides is 2. The van der Waals surface area contributed by atoms with Crippen LogP contribution < -0.4 is 5.32 Å². The first kappa shape index (κ1) is 14.1. The highest BCUT2D eigenvalue weighted by molar-refractivity contribution is 7.89. The van der Waals surface area contributed by atoms with Gasteiger partial charge in [0.05, 0.1) is 0 Å². The summed E-state index contributed by atoms with van der Waals surface area (Å²) in [4.78, 5) is 23.7. The lowest BCUT2D eigenvalue weighted by atomic mass is 10.1. The van der Waals surface area contributed by atoms with Crippen LogP contribution in [0.4, 0.5) is 4.79 Å². The number of urea groups is 1. The first-order chi connectivity index (χ1) is 8.90. The SMILES string of the molecule is O=C(O)CS(=O)(=O)N1CCC(N2CCNC2=O)CC1. The Kier molecular flexibility index (Phi) is 3.95. The van der Waals surface area contributed by atoms with E-state index < -0.39 is 21.7 Å². The summed E-state index contributed by atoms with van der Waals surface area (Å²) in [5, 5.41) is 11.3. The summed E-state index contributed by atoms with van der Waals surface area (Å²) in [5.74, 6) is -2.22. The molecule has 0 bridgehead atoms. The van der Waals surface area contributed by atoms with Gasteiger partial charge in [0.25, 0.3) is 0 Å². The number of piperidine rings is 1. The third kappa shape index (κ3) is 3.16. The van der Waals surface area contributed by atoms with Crippen LogP contribution in [0.25, 0.3) is 0 Å². The zero-order chi connectivity index (χ0) is 14.0. The minimum atomic E-state index is -3.73. The maximum Gasteiger partial charge on any atom is 0.320 e. The summed E-state index contributed by atoms with van der Waals surface area (Å²) in [6, 6.07) is -0.0642.